The van der Waals surface area contributed by atoms with Gasteiger partial charge in [0.15, 0.2) is 5.72 Å². The van der Waals surface area contributed by atoms with Gasteiger partial charge in [0.1, 0.15) is 11.8 Å². The molecule has 2 aliphatic heterocycles. The van der Waals surface area contributed by atoms with E-state index in [0.717, 1.165) is 31.6 Å². The van der Waals surface area contributed by atoms with E-state index in [-0.39, 0.29) is 30.2 Å². The maximum absolute atomic E-state index is 12.8. The molecule has 0 radical (unpaired) electrons. The normalized spacial score (nSPS) is 30.0. The number of ether oxygens (including phenoxy) is 1. The third-order valence-corrected chi connectivity index (χ3v) is 6.81. The van der Waals surface area contributed by atoms with Crippen LogP contribution >= 0.6 is 0 Å². The zero-order valence-electron chi connectivity index (χ0n) is 17.8. The molecule has 1 aromatic rings. The van der Waals surface area contributed by atoms with Gasteiger partial charge in [-0.25, -0.2) is 0 Å². The van der Waals surface area contributed by atoms with Crippen LogP contribution < -0.4 is 15.4 Å². The highest BCUT2D eigenvalue weighted by Gasteiger charge is 2.43. The van der Waals surface area contributed by atoms with Gasteiger partial charge < -0.3 is 20.3 Å². The second-order valence-electron chi connectivity index (χ2n) is 9.03. The molecule has 2 N–H and O–H groups in total. The first-order valence-corrected chi connectivity index (χ1v) is 11.1. The van der Waals surface area contributed by atoms with Gasteiger partial charge in [-0.15, -0.1) is 0 Å². The van der Waals surface area contributed by atoms with Gasteiger partial charge in [0.05, 0.1) is 5.56 Å². The Balaban J connectivity index is 1.41. The molecule has 7 heteroatoms. The number of fused-ring (bicyclic) bond motifs is 1. The monoisotopic (exact) mass is 413 g/mol. The number of nitrogens with zero attached hydrogens (tertiary/aromatic N) is 1. The van der Waals surface area contributed by atoms with Crippen LogP contribution in [0, 0.1) is 5.92 Å². The molecule has 2 heterocycles. The molecule has 1 saturated carbocycles. The van der Waals surface area contributed by atoms with E-state index < -0.39 is 11.8 Å². The van der Waals surface area contributed by atoms with Crippen LogP contribution in [0.15, 0.2) is 24.3 Å². The quantitative estimate of drug-likeness (QED) is 0.797. The first-order chi connectivity index (χ1) is 14.4. The van der Waals surface area contributed by atoms with Crippen LogP contribution in [0.3, 0.4) is 0 Å². The minimum absolute atomic E-state index is 0.0801. The fraction of sp³-hybridized carbons (Fsp3) is 0.609. The van der Waals surface area contributed by atoms with Crippen molar-refractivity contribution in [3.63, 3.8) is 0 Å². The Bertz CT molecular complexity index is 833. The Hall–Kier alpha value is -2.57. The molecule has 3 aliphatic rings. The average Bonchev–Trinajstić information content (AvgIpc) is 2.88. The number of hydrogen-bond donors (Lipinski definition) is 2. The van der Waals surface area contributed by atoms with Gasteiger partial charge in [-0.2, -0.15) is 0 Å². The highest BCUT2D eigenvalue weighted by Crippen LogP contribution is 2.34. The Kier molecular flexibility index (Phi) is 5.71. The highest BCUT2D eigenvalue weighted by atomic mass is 16.5. The first-order valence-electron chi connectivity index (χ1n) is 11.1. The summed E-state index contributed by atoms with van der Waals surface area (Å²) >= 11 is 0. The van der Waals surface area contributed by atoms with Crippen molar-refractivity contribution in [1.82, 2.24) is 15.5 Å². The molecule has 1 saturated heterocycles. The number of carbonyl (C=O) groups is 3. The number of para-hydroxylation sites is 1. The Morgan fingerprint density at radius 1 is 1.20 bits per heavy atom. The van der Waals surface area contributed by atoms with E-state index in [2.05, 4.69) is 17.6 Å². The molecule has 7 nitrogen and oxygen atoms in total. The number of benzene rings is 1. The van der Waals surface area contributed by atoms with Crippen LogP contribution in [0.4, 0.5) is 0 Å². The lowest BCUT2D eigenvalue weighted by Gasteiger charge is -2.38. The van der Waals surface area contributed by atoms with Crippen molar-refractivity contribution in [2.24, 2.45) is 5.92 Å². The Morgan fingerprint density at radius 3 is 2.70 bits per heavy atom. The zero-order chi connectivity index (χ0) is 21.3. The number of likely N-dealkylation sites (tertiary alicyclic amines) is 1. The van der Waals surface area contributed by atoms with Crippen LogP contribution in [0.2, 0.25) is 0 Å². The van der Waals surface area contributed by atoms with Crippen molar-refractivity contribution >= 4 is 17.7 Å². The highest BCUT2D eigenvalue weighted by molar-refractivity contribution is 5.98. The van der Waals surface area contributed by atoms with Gasteiger partial charge in [0, 0.05) is 31.8 Å². The molecule has 4 rings (SSSR count). The molecule has 1 spiro atoms. The second kappa shape index (κ2) is 8.28. The van der Waals surface area contributed by atoms with E-state index in [4.69, 9.17) is 4.74 Å². The van der Waals surface area contributed by atoms with Gasteiger partial charge in [0.25, 0.3) is 5.91 Å². The van der Waals surface area contributed by atoms with E-state index in [9.17, 15) is 14.4 Å². The maximum Gasteiger partial charge on any atom is 0.258 e. The summed E-state index contributed by atoms with van der Waals surface area (Å²) in [7, 11) is 0. The predicted molar refractivity (Wildman–Crippen MR) is 112 cm³/mol. The zero-order valence-corrected chi connectivity index (χ0v) is 17.8. The van der Waals surface area contributed by atoms with Crippen LogP contribution in [0.25, 0.3) is 0 Å². The average molecular weight is 414 g/mol. The summed E-state index contributed by atoms with van der Waals surface area (Å²) in [6.07, 6.45) is 5.30. The summed E-state index contributed by atoms with van der Waals surface area (Å²) in [5, 5.41) is 6.10. The van der Waals surface area contributed by atoms with Crippen LogP contribution in [-0.2, 0) is 9.59 Å². The molecular formula is C23H31N3O4. The van der Waals surface area contributed by atoms with Gasteiger partial charge in [-0.1, -0.05) is 19.1 Å². The standard InChI is InChI=1S/C23H31N3O4/c1-15-7-9-17(10-8-15)24-21(28)16(2)26-14-13-23(12-11-20(26)27)25-22(29)18-5-3-4-6-19(18)30-23/h3-6,15-17H,7-14H2,1-2H3,(H,24,28)(H,25,29)/t15?,16-,17?,23+/m0/s1. The molecule has 0 bridgehead atoms. The summed E-state index contributed by atoms with van der Waals surface area (Å²) in [6, 6.07) is 6.79. The number of hydrogen-bond acceptors (Lipinski definition) is 4. The molecule has 1 aliphatic carbocycles. The second-order valence-corrected chi connectivity index (χ2v) is 9.03. The lowest BCUT2D eigenvalue weighted by atomic mass is 9.87. The lowest BCUT2D eigenvalue weighted by molar-refractivity contribution is -0.139. The van der Waals surface area contributed by atoms with E-state index >= 15 is 0 Å². The first kappa shape index (κ1) is 20.7. The van der Waals surface area contributed by atoms with Gasteiger partial charge >= 0.3 is 0 Å². The van der Waals surface area contributed by atoms with E-state index in [0.29, 0.717) is 30.7 Å². The van der Waals surface area contributed by atoms with Gasteiger partial charge in [0.2, 0.25) is 11.8 Å². The van der Waals surface area contributed by atoms with Crippen LogP contribution in [0.5, 0.6) is 5.75 Å². The smallest absolute Gasteiger partial charge is 0.258 e. The SMILES string of the molecule is CC1CCC(NC(=O)[C@H](C)N2CC[C@]3(CCC2=O)NC(=O)c2ccccc2O3)CC1. The number of nitrogens with one attached hydrogen (secondary N) is 2. The van der Waals surface area contributed by atoms with E-state index in [1.54, 1.807) is 30.0 Å². The molecule has 162 valence electrons. The molecular weight excluding hydrogens is 382 g/mol. The van der Waals surface area contributed by atoms with Crippen molar-refractivity contribution in [3.05, 3.63) is 29.8 Å². The molecule has 3 amide bonds. The molecule has 2 atom stereocenters. The van der Waals surface area contributed by atoms with Crippen molar-refractivity contribution in [1.29, 1.82) is 0 Å². The number of rotatable bonds is 3. The predicted octanol–water partition coefficient (Wildman–Crippen LogP) is 2.60. The molecule has 1 aromatic carbocycles. The van der Waals surface area contributed by atoms with Gasteiger partial charge in [-0.05, 0) is 50.7 Å². The topological polar surface area (TPSA) is 87.7 Å². The largest absolute Gasteiger partial charge is 0.467 e. The number of carbonyl (C=O) groups excluding carboxylic acids is 3. The summed E-state index contributed by atoms with van der Waals surface area (Å²) in [6.45, 7) is 4.39. The summed E-state index contributed by atoms with van der Waals surface area (Å²) in [5.41, 5.74) is -0.406. The van der Waals surface area contributed by atoms with Crippen molar-refractivity contribution < 1.29 is 19.1 Å². The Labute approximate surface area is 177 Å². The summed E-state index contributed by atoms with van der Waals surface area (Å²) < 4.78 is 6.17. The fourth-order valence-corrected chi connectivity index (χ4v) is 4.76. The molecule has 0 unspecified atom stereocenters. The van der Waals surface area contributed by atoms with Crippen LogP contribution in [0.1, 0.15) is 69.2 Å². The maximum atomic E-state index is 12.8. The lowest BCUT2D eigenvalue weighted by Crippen LogP contribution is -2.56. The molecule has 30 heavy (non-hydrogen) atoms. The van der Waals surface area contributed by atoms with Crippen LogP contribution in [-0.4, -0.2) is 47.0 Å². The molecule has 2 fully saturated rings. The van der Waals surface area contributed by atoms with E-state index in [1.807, 2.05) is 6.07 Å². The third-order valence-electron chi connectivity index (χ3n) is 6.81. The van der Waals surface area contributed by atoms with E-state index in [1.165, 1.54) is 0 Å². The fourth-order valence-electron chi connectivity index (χ4n) is 4.76. The van der Waals surface area contributed by atoms with Crippen molar-refractivity contribution in [2.75, 3.05) is 6.54 Å². The minimum atomic E-state index is -0.911. The molecule has 0 aromatic heterocycles. The minimum Gasteiger partial charge on any atom is -0.467 e. The summed E-state index contributed by atoms with van der Waals surface area (Å²) in [4.78, 5) is 39.9. The summed E-state index contributed by atoms with van der Waals surface area (Å²) in [5.74, 6) is 0.894. The van der Waals surface area contributed by atoms with Crippen molar-refractivity contribution in [2.45, 2.75) is 76.6 Å². The third kappa shape index (κ3) is 4.16. The number of amides is 3. The Morgan fingerprint density at radius 2 is 1.93 bits per heavy atom. The van der Waals surface area contributed by atoms with Gasteiger partial charge in [-0.3, -0.25) is 14.4 Å². The van der Waals surface area contributed by atoms with Crippen molar-refractivity contribution in [3.8, 4) is 5.75 Å².